The molecule has 4 aromatic rings. The number of nitrogens with zero attached hydrogens (tertiary/aromatic N) is 4. The van der Waals surface area contributed by atoms with E-state index in [9.17, 15) is 4.79 Å². The molecule has 2 aromatic heterocycles. The molecule has 1 aliphatic heterocycles. The Kier molecular flexibility index (Phi) is 6.95. The summed E-state index contributed by atoms with van der Waals surface area (Å²) in [5.74, 6) is 0.883. The van der Waals surface area contributed by atoms with Gasteiger partial charge in [-0.15, -0.1) is 0 Å². The molecule has 3 heterocycles. The highest BCUT2D eigenvalue weighted by atomic mass is 35.5. The van der Waals surface area contributed by atoms with Gasteiger partial charge in [-0.25, -0.2) is 9.97 Å². The van der Waals surface area contributed by atoms with Gasteiger partial charge in [0.2, 0.25) is 5.91 Å². The summed E-state index contributed by atoms with van der Waals surface area (Å²) < 4.78 is 5.83. The Labute approximate surface area is 213 Å². The molecule has 0 spiro atoms. The monoisotopic (exact) mass is 500 g/mol. The molecule has 1 fully saturated rings. The number of nitrogens with one attached hydrogen (secondary N) is 1. The second-order valence-electron chi connectivity index (χ2n) is 8.50. The van der Waals surface area contributed by atoms with E-state index in [2.05, 4.69) is 37.3 Å². The average Bonchev–Trinajstić information content (AvgIpc) is 2.89. The maximum atomic E-state index is 11.2. The number of ether oxygens (including phenoxy) is 1. The van der Waals surface area contributed by atoms with E-state index in [1.165, 1.54) is 6.33 Å². The molecule has 1 saturated heterocycles. The van der Waals surface area contributed by atoms with Crippen molar-refractivity contribution in [2.24, 2.45) is 5.73 Å². The van der Waals surface area contributed by atoms with Crippen molar-refractivity contribution in [2.75, 3.05) is 23.3 Å². The minimum atomic E-state index is -0.384. The summed E-state index contributed by atoms with van der Waals surface area (Å²) in [7, 11) is 0. The molecule has 182 valence electrons. The normalized spacial score (nSPS) is 13.5. The zero-order valence-corrected chi connectivity index (χ0v) is 20.3. The summed E-state index contributed by atoms with van der Waals surface area (Å²) in [5, 5.41) is 4.76. The Morgan fingerprint density at radius 2 is 1.94 bits per heavy atom. The Morgan fingerprint density at radius 3 is 2.69 bits per heavy atom. The summed E-state index contributed by atoms with van der Waals surface area (Å²) in [6.45, 7) is 1.97. The van der Waals surface area contributed by atoms with Crippen LogP contribution >= 0.6 is 11.6 Å². The van der Waals surface area contributed by atoms with E-state index in [0.717, 1.165) is 59.5 Å². The van der Waals surface area contributed by atoms with Crippen LogP contribution in [-0.2, 0) is 11.4 Å². The number of halogens is 1. The number of anilines is 3. The Balaban J connectivity index is 1.32. The van der Waals surface area contributed by atoms with Crippen LogP contribution in [0.5, 0.6) is 5.75 Å². The lowest BCUT2D eigenvalue weighted by Gasteiger charge is -2.30. The van der Waals surface area contributed by atoms with Gasteiger partial charge in [0.15, 0.2) is 0 Å². The Bertz CT molecular complexity index is 1420. The van der Waals surface area contributed by atoms with E-state index in [4.69, 9.17) is 22.1 Å². The van der Waals surface area contributed by atoms with Gasteiger partial charge in [0, 0.05) is 42.1 Å². The van der Waals surface area contributed by atoms with Gasteiger partial charge in [-0.1, -0.05) is 23.2 Å². The van der Waals surface area contributed by atoms with Crippen molar-refractivity contribution < 1.29 is 9.53 Å². The van der Waals surface area contributed by atoms with Crippen LogP contribution in [0.15, 0.2) is 78.8 Å². The number of carbonyl (C=O) groups excluding carboxylic acids is 1. The fourth-order valence-corrected chi connectivity index (χ4v) is 4.44. The maximum absolute atomic E-state index is 11.2. The topological polar surface area (TPSA) is 106 Å². The predicted molar refractivity (Wildman–Crippen MR) is 142 cm³/mol. The molecule has 3 N–H and O–H groups in total. The molecule has 0 atom stereocenters. The fourth-order valence-electron chi connectivity index (χ4n) is 4.21. The highest BCUT2D eigenvalue weighted by molar-refractivity contribution is 6.32. The van der Waals surface area contributed by atoms with Crippen molar-refractivity contribution in [3.05, 3.63) is 89.5 Å². The summed E-state index contributed by atoms with van der Waals surface area (Å²) in [5.41, 5.74) is 9.92. The zero-order valence-electron chi connectivity index (χ0n) is 19.5. The SMILES string of the molecule is NC(=O)C=C1CCN(c2ccc3ncnc(Nc4ccc(OCc5ccccn5)c(Cl)c4)c3c2)CC1. The molecule has 2 aromatic carbocycles. The largest absolute Gasteiger partial charge is 0.486 e. The van der Waals surface area contributed by atoms with E-state index in [-0.39, 0.29) is 5.91 Å². The minimum Gasteiger partial charge on any atom is -0.486 e. The molecule has 1 amide bonds. The van der Waals surface area contributed by atoms with Gasteiger partial charge >= 0.3 is 0 Å². The number of primary amides is 1. The number of rotatable bonds is 7. The van der Waals surface area contributed by atoms with Crippen molar-refractivity contribution >= 4 is 45.6 Å². The van der Waals surface area contributed by atoms with Crippen LogP contribution in [0.25, 0.3) is 10.9 Å². The van der Waals surface area contributed by atoms with Gasteiger partial charge in [0.25, 0.3) is 0 Å². The zero-order chi connectivity index (χ0) is 24.9. The molecule has 0 unspecified atom stereocenters. The number of aromatic nitrogens is 3. The quantitative estimate of drug-likeness (QED) is 0.343. The van der Waals surface area contributed by atoms with Crippen LogP contribution in [0.3, 0.4) is 0 Å². The Hall–Kier alpha value is -4.17. The minimum absolute atomic E-state index is 0.336. The van der Waals surface area contributed by atoms with Crippen molar-refractivity contribution in [1.29, 1.82) is 0 Å². The smallest absolute Gasteiger partial charge is 0.241 e. The maximum Gasteiger partial charge on any atom is 0.241 e. The third-order valence-corrected chi connectivity index (χ3v) is 6.33. The molecule has 0 bridgehead atoms. The van der Waals surface area contributed by atoms with Crippen molar-refractivity contribution in [3.8, 4) is 5.75 Å². The van der Waals surface area contributed by atoms with Gasteiger partial charge in [-0.2, -0.15) is 0 Å². The van der Waals surface area contributed by atoms with Gasteiger partial charge in [-0.05, 0) is 61.4 Å². The molecule has 9 heteroatoms. The van der Waals surface area contributed by atoms with Gasteiger partial charge < -0.3 is 20.7 Å². The summed E-state index contributed by atoms with van der Waals surface area (Å²) in [6.07, 6.45) is 6.44. The second kappa shape index (κ2) is 10.6. The molecule has 0 saturated carbocycles. The number of pyridine rings is 1. The van der Waals surface area contributed by atoms with Crippen LogP contribution in [0.2, 0.25) is 5.02 Å². The van der Waals surface area contributed by atoms with E-state index in [0.29, 0.717) is 23.2 Å². The predicted octanol–water partition coefficient (Wildman–Crippen LogP) is 5.01. The van der Waals surface area contributed by atoms with Gasteiger partial charge in [0.1, 0.15) is 24.5 Å². The van der Waals surface area contributed by atoms with Crippen LogP contribution in [0, 0.1) is 0 Å². The lowest BCUT2D eigenvalue weighted by atomic mass is 10.0. The second-order valence-corrected chi connectivity index (χ2v) is 8.90. The third-order valence-electron chi connectivity index (χ3n) is 6.03. The van der Waals surface area contributed by atoms with E-state index < -0.39 is 0 Å². The summed E-state index contributed by atoms with van der Waals surface area (Å²) >= 11 is 6.49. The number of piperidine rings is 1. The number of hydrogen-bond acceptors (Lipinski definition) is 7. The van der Waals surface area contributed by atoms with Crippen LogP contribution in [-0.4, -0.2) is 33.9 Å². The first-order chi connectivity index (χ1) is 17.5. The van der Waals surface area contributed by atoms with Crippen LogP contribution in [0.4, 0.5) is 17.2 Å². The summed E-state index contributed by atoms with van der Waals surface area (Å²) in [6, 6.07) is 17.4. The van der Waals surface area contributed by atoms with Crippen molar-refractivity contribution in [1.82, 2.24) is 15.0 Å². The van der Waals surface area contributed by atoms with Crippen molar-refractivity contribution in [3.63, 3.8) is 0 Å². The average molecular weight is 501 g/mol. The summed E-state index contributed by atoms with van der Waals surface area (Å²) in [4.78, 5) is 26.6. The molecule has 36 heavy (non-hydrogen) atoms. The molecular formula is C27H25ClN6O2. The van der Waals surface area contributed by atoms with Crippen LogP contribution < -0.4 is 20.7 Å². The van der Waals surface area contributed by atoms with E-state index >= 15 is 0 Å². The number of hydrogen-bond donors (Lipinski definition) is 2. The molecule has 0 aliphatic carbocycles. The standard InChI is InChI=1S/C27H25ClN6O2/c28-23-14-19(4-7-25(23)36-16-20-3-1-2-10-30-20)33-27-22-15-21(5-6-24(22)31-17-32-27)34-11-8-18(9-12-34)13-26(29)35/h1-7,10,13-15,17H,8-9,11-12,16H2,(H2,29,35)(H,31,32,33). The first-order valence-electron chi connectivity index (χ1n) is 11.6. The van der Waals surface area contributed by atoms with E-state index in [1.54, 1.807) is 12.3 Å². The Morgan fingerprint density at radius 1 is 1.08 bits per heavy atom. The number of fused-ring (bicyclic) bond motifs is 1. The lowest BCUT2D eigenvalue weighted by Crippen LogP contribution is -2.30. The number of amides is 1. The first-order valence-corrected chi connectivity index (χ1v) is 12.0. The van der Waals surface area contributed by atoms with Crippen molar-refractivity contribution in [2.45, 2.75) is 19.4 Å². The molecule has 1 aliphatic rings. The molecular weight excluding hydrogens is 476 g/mol. The van der Waals surface area contributed by atoms with Crippen LogP contribution in [0.1, 0.15) is 18.5 Å². The van der Waals surface area contributed by atoms with E-state index in [1.807, 2.05) is 42.5 Å². The molecule has 8 nitrogen and oxygen atoms in total. The number of benzene rings is 2. The molecule has 5 rings (SSSR count). The molecule has 0 radical (unpaired) electrons. The lowest BCUT2D eigenvalue weighted by molar-refractivity contribution is -0.113. The number of nitrogens with two attached hydrogens (primary N) is 1. The number of carbonyl (C=O) groups is 1. The highest BCUT2D eigenvalue weighted by Crippen LogP contribution is 2.32. The fraction of sp³-hybridized carbons (Fsp3) is 0.185. The first kappa shape index (κ1) is 23.6. The highest BCUT2D eigenvalue weighted by Gasteiger charge is 2.16. The third kappa shape index (κ3) is 5.55. The van der Waals surface area contributed by atoms with Gasteiger partial charge in [-0.3, -0.25) is 9.78 Å². The van der Waals surface area contributed by atoms with Gasteiger partial charge in [0.05, 0.1) is 16.2 Å².